The van der Waals surface area contributed by atoms with Crippen molar-refractivity contribution in [3.8, 4) is 11.1 Å². The molecule has 0 bridgehead atoms. The van der Waals surface area contributed by atoms with Gasteiger partial charge in [-0.3, -0.25) is 14.8 Å². The standard InChI is InChI=1S/C18H20N2O5/c1-11(22)16(18(24)20-25)19-17(23)15-8-6-14(7-9-15)13-4-2-12(10-21)3-5-13/h2-9,11,16,21-22,25H,10H2,1H3,(H,19,23)(H,20,24)/t11-,16+/m1/s1. The molecular weight excluding hydrogens is 324 g/mol. The first-order valence-electron chi connectivity index (χ1n) is 7.69. The Bertz CT molecular complexity index is 726. The van der Waals surface area contributed by atoms with E-state index in [0.717, 1.165) is 16.7 Å². The van der Waals surface area contributed by atoms with Crippen molar-refractivity contribution in [2.24, 2.45) is 0 Å². The highest BCUT2D eigenvalue weighted by Crippen LogP contribution is 2.20. The molecule has 2 atom stereocenters. The molecule has 0 unspecified atom stereocenters. The monoisotopic (exact) mass is 344 g/mol. The molecule has 0 aliphatic heterocycles. The zero-order valence-electron chi connectivity index (χ0n) is 13.6. The molecule has 0 spiro atoms. The van der Waals surface area contributed by atoms with Gasteiger partial charge in [0.2, 0.25) is 0 Å². The van der Waals surface area contributed by atoms with E-state index in [9.17, 15) is 14.7 Å². The zero-order valence-corrected chi connectivity index (χ0v) is 13.6. The smallest absolute Gasteiger partial charge is 0.268 e. The van der Waals surface area contributed by atoms with Crippen LogP contribution in [0.4, 0.5) is 0 Å². The maximum atomic E-state index is 12.2. The van der Waals surface area contributed by atoms with Crippen molar-refractivity contribution in [2.45, 2.75) is 25.7 Å². The number of aliphatic hydroxyl groups is 2. The predicted molar refractivity (Wildman–Crippen MR) is 90.7 cm³/mol. The highest BCUT2D eigenvalue weighted by Gasteiger charge is 2.25. The lowest BCUT2D eigenvalue weighted by atomic mass is 10.0. The van der Waals surface area contributed by atoms with Crippen LogP contribution >= 0.6 is 0 Å². The van der Waals surface area contributed by atoms with Gasteiger partial charge in [0, 0.05) is 5.56 Å². The summed E-state index contributed by atoms with van der Waals surface area (Å²) >= 11 is 0. The lowest BCUT2D eigenvalue weighted by molar-refractivity contribution is -0.133. The van der Waals surface area contributed by atoms with Crippen LogP contribution < -0.4 is 10.8 Å². The molecule has 0 aromatic heterocycles. The third kappa shape index (κ3) is 4.63. The summed E-state index contributed by atoms with van der Waals surface area (Å²) in [5.74, 6) is -1.44. The normalized spacial score (nSPS) is 13.0. The molecule has 0 saturated heterocycles. The van der Waals surface area contributed by atoms with Crippen molar-refractivity contribution >= 4 is 11.8 Å². The van der Waals surface area contributed by atoms with E-state index in [4.69, 9.17) is 10.3 Å². The van der Waals surface area contributed by atoms with Gasteiger partial charge in [-0.25, -0.2) is 5.48 Å². The van der Waals surface area contributed by atoms with E-state index < -0.39 is 24.0 Å². The van der Waals surface area contributed by atoms with E-state index in [1.54, 1.807) is 24.3 Å². The average Bonchev–Trinajstić information content (AvgIpc) is 2.65. The number of benzene rings is 2. The summed E-state index contributed by atoms with van der Waals surface area (Å²) in [6.45, 7) is 1.31. The van der Waals surface area contributed by atoms with Gasteiger partial charge in [-0.15, -0.1) is 0 Å². The second-order valence-electron chi connectivity index (χ2n) is 5.60. The fourth-order valence-corrected chi connectivity index (χ4v) is 2.32. The van der Waals surface area contributed by atoms with Crippen LogP contribution in [-0.4, -0.2) is 39.4 Å². The van der Waals surface area contributed by atoms with Gasteiger partial charge in [0.1, 0.15) is 6.04 Å². The van der Waals surface area contributed by atoms with Crippen LogP contribution in [-0.2, 0) is 11.4 Å². The molecular formula is C18H20N2O5. The molecule has 0 saturated carbocycles. The molecule has 0 aliphatic rings. The number of amides is 2. The van der Waals surface area contributed by atoms with Crippen LogP contribution in [0.5, 0.6) is 0 Å². The molecule has 0 radical (unpaired) electrons. The second-order valence-corrected chi connectivity index (χ2v) is 5.60. The Morgan fingerprint density at radius 1 is 1.00 bits per heavy atom. The Hall–Kier alpha value is -2.74. The summed E-state index contributed by atoms with van der Waals surface area (Å²) in [6, 6.07) is 12.8. The number of rotatable bonds is 6. The number of nitrogens with one attached hydrogen (secondary N) is 2. The van der Waals surface area contributed by atoms with Crippen molar-refractivity contribution < 1.29 is 25.0 Å². The molecule has 5 N–H and O–H groups in total. The van der Waals surface area contributed by atoms with E-state index in [0.29, 0.717) is 5.56 Å². The first-order valence-corrected chi connectivity index (χ1v) is 7.69. The third-order valence-corrected chi connectivity index (χ3v) is 3.78. The molecule has 2 rings (SSSR count). The lowest BCUT2D eigenvalue weighted by Crippen LogP contribution is -2.51. The van der Waals surface area contributed by atoms with Crippen molar-refractivity contribution in [1.82, 2.24) is 10.8 Å². The summed E-state index contributed by atoms with van der Waals surface area (Å²) < 4.78 is 0. The van der Waals surface area contributed by atoms with Crippen LogP contribution in [0.1, 0.15) is 22.8 Å². The highest BCUT2D eigenvalue weighted by atomic mass is 16.5. The third-order valence-electron chi connectivity index (χ3n) is 3.78. The van der Waals surface area contributed by atoms with Gasteiger partial charge < -0.3 is 15.5 Å². The van der Waals surface area contributed by atoms with Gasteiger partial charge in [-0.05, 0) is 35.7 Å². The van der Waals surface area contributed by atoms with Gasteiger partial charge >= 0.3 is 0 Å². The zero-order chi connectivity index (χ0) is 18.4. The van der Waals surface area contributed by atoms with Gasteiger partial charge in [-0.2, -0.15) is 0 Å². The molecule has 25 heavy (non-hydrogen) atoms. The molecule has 0 fully saturated rings. The fraction of sp³-hybridized carbons (Fsp3) is 0.222. The van der Waals surface area contributed by atoms with Crippen molar-refractivity contribution in [3.63, 3.8) is 0 Å². The Kier molecular flexibility index (Phi) is 6.24. The molecule has 0 aliphatic carbocycles. The highest BCUT2D eigenvalue weighted by molar-refractivity contribution is 5.97. The lowest BCUT2D eigenvalue weighted by Gasteiger charge is -2.19. The summed E-state index contributed by atoms with van der Waals surface area (Å²) in [6.07, 6.45) is -1.17. The number of carbonyl (C=O) groups is 2. The quantitative estimate of drug-likeness (QED) is 0.393. The molecule has 0 heterocycles. The first-order chi connectivity index (χ1) is 12.0. The molecule has 7 heteroatoms. The minimum atomic E-state index is -1.26. The number of aliphatic hydroxyl groups excluding tert-OH is 2. The number of hydrogen-bond acceptors (Lipinski definition) is 5. The Labute approximate surface area is 144 Å². The van der Waals surface area contributed by atoms with Crippen LogP contribution in [0.3, 0.4) is 0 Å². The Morgan fingerprint density at radius 3 is 1.96 bits per heavy atom. The van der Waals surface area contributed by atoms with Gasteiger partial charge in [-0.1, -0.05) is 36.4 Å². The van der Waals surface area contributed by atoms with Crippen molar-refractivity contribution in [1.29, 1.82) is 0 Å². The summed E-state index contributed by atoms with van der Waals surface area (Å²) in [7, 11) is 0. The van der Waals surface area contributed by atoms with Crippen molar-refractivity contribution in [3.05, 3.63) is 59.7 Å². The van der Waals surface area contributed by atoms with E-state index in [1.807, 2.05) is 24.3 Å². The summed E-state index contributed by atoms with van der Waals surface area (Å²) in [5.41, 5.74) is 4.36. The molecule has 132 valence electrons. The molecule has 2 amide bonds. The maximum Gasteiger partial charge on any atom is 0.268 e. The molecule has 7 nitrogen and oxygen atoms in total. The maximum absolute atomic E-state index is 12.2. The first kappa shape index (κ1) is 18.6. The average molecular weight is 344 g/mol. The predicted octanol–water partition coefficient (Wildman–Crippen LogP) is 0.830. The summed E-state index contributed by atoms with van der Waals surface area (Å²) in [5, 5.41) is 29.6. The van der Waals surface area contributed by atoms with Crippen LogP contribution in [0.25, 0.3) is 11.1 Å². The second kappa shape index (κ2) is 8.39. The van der Waals surface area contributed by atoms with Gasteiger partial charge in [0.05, 0.1) is 12.7 Å². The molecule has 2 aromatic rings. The number of carbonyl (C=O) groups excluding carboxylic acids is 2. The Morgan fingerprint density at radius 2 is 1.52 bits per heavy atom. The van der Waals surface area contributed by atoms with E-state index in [1.165, 1.54) is 12.4 Å². The van der Waals surface area contributed by atoms with E-state index >= 15 is 0 Å². The van der Waals surface area contributed by atoms with Gasteiger partial charge in [0.25, 0.3) is 11.8 Å². The SMILES string of the molecule is C[C@@H](O)[C@H](NC(=O)c1ccc(-c2ccc(CO)cc2)cc1)C(=O)NO. The van der Waals surface area contributed by atoms with E-state index in [-0.39, 0.29) is 6.61 Å². The number of hydrogen-bond donors (Lipinski definition) is 5. The Balaban J connectivity index is 2.12. The van der Waals surface area contributed by atoms with Crippen LogP contribution in [0.2, 0.25) is 0 Å². The molecule has 2 aromatic carbocycles. The van der Waals surface area contributed by atoms with E-state index in [2.05, 4.69) is 5.32 Å². The summed E-state index contributed by atoms with van der Waals surface area (Å²) in [4.78, 5) is 23.7. The van der Waals surface area contributed by atoms with Crippen LogP contribution in [0.15, 0.2) is 48.5 Å². The minimum absolute atomic E-state index is 0.0226. The fourth-order valence-electron chi connectivity index (χ4n) is 2.32. The van der Waals surface area contributed by atoms with Gasteiger partial charge in [0.15, 0.2) is 0 Å². The number of hydroxylamine groups is 1. The van der Waals surface area contributed by atoms with Crippen LogP contribution in [0, 0.1) is 0 Å². The minimum Gasteiger partial charge on any atom is -0.392 e. The largest absolute Gasteiger partial charge is 0.392 e. The van der Waals surface area contributed by atoms with Crippen molar-refractivity contribution in [2.75, 3.05) is 0 Å². The topological polar surface area (TPSA) is 119 Å².